The van der Waals surface area contributed by atoms with Gasteiger partial charge in [-0.25, -0.2) is 4.39 Å². The summed E-state index contributed by atoms with van der Waals surface area (Å²) in [7, 11) is 0. The average Bonchev–Trinajstić information content (AvgIpc) is 3.49. The molecule has 2 atom stereocenters. The second-order valence-electron chi connectivity index (χ2n) is 9.12. The molecule has 0 N–H and O–H groups in total. The summed E-state index contributed by atoms with van der Waals surface area (Å²) in [4.78, 5) is 21.7. The van der Waals surface area contributed by atoms with Gasteiger partial charge in [0, 0.05) is 44.1 Å². The molecule has 1 saturated carbocycles. The van der Waals surface area contributed by atoms with Gasteiger partial charge in [-0.3, -0.25) is 9.69 Å². The third-order valence-corrected chi connectivity index (χ3v) is 6.74. The molecule has 33 heavy (non-hydrogen) atoms. The maximum Gasteiger partial charge on any atom is 0.227 e. The fraction of sp³-hybridized carbons (Fsp3) is 0.423. The summed E-state index contributed by atoms with van der Waals surface area (Å²) in [5.41, 5.74) is 2.84. The number of hydrogen-bond acceptors (Lipinski definition) is 5. The van der Waals surface area contributed by atoms with E-state index in [1.165, 1.54) is 11.6 Å². The Hall–Kier alpha value is -3.06. The predicted octanol–water partition coefficient (Wildman–Crippen LogP) is 4.06. The molecule has 2 fully saturated rings. The van der Waals surface area contributed by atoms with Crippen LogP contribution in [0.15, 0.2) is 53.1 Å². The number of aryl methyl sites for hydroxylation is 2. The second kappa shape index (κ2) is 9.43. The lowest BCUT2D eigenvalue weighted by atomic mass is 10.1. The van der Waals surface area contributed by atoms with E-state index in [2.05, 4.69) is 22.0 Å². The standard InChI is InChI=1S/C26H29FN4O2/c1-18-8-10-19(11-9-18)25-28-24(33-29-25)7-4-12-30-13-15-31(16-14-30)26(32)22-17-21(22)20-5-2-3-6-23(20)27/h2-3,5-6,8-11,21-22H,4,7,12-17H2,1H3/t21-,22-/m0/s1. The number of carbonyl (C=O) groups is 1. The number of amides is 1. The quantitative estimate of drug-likeness (QED) is 0.545. The van der Waals surface area contributed by atoms with Crippen molar-refractivity contribution in [3.05, 3.63) is 71.4 Å². The van der Waals surface area contributed by atoms with Crippen LogP contribution in [0.1, 0.15) is 35.8 Å². The minimum Gasteiger partial charge on any atom is -0.340 e. The number of nitrogens with zero attached hydrogens (tertiary/aromatic N) is 4. The van der Waals surface area contributed by atoms with Gasteiger partial charge in [0.2, 0.25) is 17.6 Å². The van der Waals surface area contributed by atoms with Crippen LogP contribution < -0.4 is 0 Å². The zero-order valence-corrected chi connectivity index (χ0v) is 18.9. The third-order valence-electron chi connectivity index (χ3n) is 6.74. The average molecular weight is 449 g/mol. The first kappa shape index (κ1) is 21.8. The minimum absolute atomic E-state index is 0.0379. The molecule has 2 heterocycles. The van der Waals surface area contributed by atoms with Crippen LogP contribution in [0.4, 0.5) is 4.39 Å². The molecule has 1 aliphatic heterocycles. The molecule has 2 aromatic carbocycles. The van der Waals surface area contributed by atoms with Crippen LogP contribution in [0, 0.1) is 18.7 Å². The third kappa shape index (κ3) is 4.98. The van der Waals surface area contributed by atoms with E-state index in [1.54, 1.807) is 12.1 Å². The van der Waals surface area contributed by atoms with Crippen molar-refractivity contribution in [2.24, 2.45) is 5.92 Å². The van der Waals surface area contributed by atoms with E-state index >= 15 is 0 Å². The van der Waals surface area contributed by atoms with Gasteiger partial charge in [-0.1, -0.05) is 53.2 Å². The summed E-state index contributed by atoms with van der Waals surface area (Å²) in [6.45, 7) is 6.18. The lowest BCUT2D eigenvalue weighted by molar-refractivity contribution is -0.134. The Morgan fingerprint density at radius 3 is 2.61 bits per heavy atom. The summed E-state index contributed by atoms with van der Waals surface area (Å²) >= 11 is 0. The second-order valence-corrected chi connectivity index (χ2v) is 9.12. The molecule has 0 bridgehead atoms. The van der Waals surface area contributed by atoms with E-state index in [9.17, 15) is 9.18 Å². The first-order valence-corrected chi connectivity index (χ1v) is 11.7. The van der Waals surface area contributed by atoms with Crippen LogP contribution in [0.5, 0.6) is 0 Å². The SMILES string of the molecule is Cc1ccc(-c2noc(CCCN3CCN(C(=O)[C@H]4C[C@H]4c4ccccc4F)CC3)n2)cc1. The Morgan fingerprint density at radius 1 is 1.09 bits per heavy atom. The summed E-state index contributed by atoms with van der Waals surface area (Å²) < 4.78 is 19.4. The normalized spacial score (nSPS) is 20.7. The van der Waals surface area contributed by atoms with E-state index in [4.69, 9.17) is 4.52 Å². The predicted molar refractivity (Wildman–Crippen MR) is 123 cm³/mol. The van der Waals surface area contributed by atoms with Crippen molar-refractivity contribution in [2.75, 3.05) is 32.7 Å². The molecule has 172 valence electrons. The van der Waals surface area contributed by atoms with Crippen molar-refractivity contribution in [2.45, 2.75) is 32.1 Å². The van der Waals surface area contributed by atoms with Crippen molar-refractivity contribution in [1.82, 2.24) is 19.9 Å². The first-order valence-electron chi connectivity index (χ1n) is 11.7. The first-order chi connectivity index (χ1) is 16.1. The zero-order valence-electron chi connectivity index (χ0n) is 18.9. The van der Waals surface area contributed by atoms with Crippen molar-refractivity contribution in [3.8, 4) is 11.4 Å². The van der Waals surface area contributed by atoms with Crippen molar-refractivity contribution < 1.29 is 13.7 Å². The van der Waals surface area contributed by atoms with E-state index in [0.717, 1.165) is 57.5 Å². The molecule has 1 saturated heterocycles. The van der Waals surface area contributed by atoms with Gasteiger partial charge in [0.1, 0.15) is 5.82 Å². The molecule has 6 nitrogen and oxygen atoms in total. The molecule has 0 radical (unpaired) electrons. The molecule has 1 amide bonds. The molecule has 0 spiro atoms. The van der Waals surface area contributed by atoms with Crippen LogP contribution >= 0.6 is 0 Å². The molecular formula is C26H29FN4O2. The summed E-state index contributed by atoms with van der Waals surface area (Å²) in [5.74, 6) is 1.25. The zero-order chi connectivity index (χ0) is 22.8. The molecular weight excluding hydrogens is 419 g/mol. The highest BCUT2D eigenvalue weighted by atomic mass is 19.1. The summed E-state index contributed by atoms with van der Waals surface area (Å²) in [5, 5.41) is 4.10. The molecule has 5 rings (SSSR count). The Balaban J connectivity index is 1.04. The number of piperazine rings is 1. The van der Waals surface area contributed by atoms with Gasteiger partial charge < -0.3 is 9.42 Å². The van der Waals surface area contributed by atoms with Gasteiger partial charge >= 0.3 is 0 Å². The number of halogens is 1. The number of hydrogen-bond donors (Lipinski definition) is 0. The lowest BCUT2D eigenvalue weighted by Gasteiger charge is -2.35. The van der Waals surface area contributed by atoms with Crippen LogP contribution in [0.3, 0.4) is 0 Å². The monoisotopic (exact) mass is 448 g/mol. The van der Waals surface area contributed by atoms with Crippen molar-refractivity contribution >= 4 is 5.91 Å². The van der Waals surface area contributed by atoms with Gasteiger partial charge in [-0.05, 0) is 43.9 Å². The van der Waals surface area contributed by atoms with Gasteiger partial charge in [0.15, 0.2) is 0 Å². The summed E-state index contributed by atoms with van der Waals surface area (Å²) in [6.07, 6.45) is 2.43. The smallest absolute Gasteiger partial charge is 0.227 e. The number of benzene rings is 2. The molecule has 3 aromatic rings. The minimum atomic E-state index is -0.199. The van der Waals surface area contributed by atoms with Crippen molar-refractivity contribution in [3.63, 3.8) is 0 Å². The molecule has 1 aromatic heterocycles. The topological polar surface area (TPSA) is 62.5 Å². The van der Waals surface area contributed by atoms with Crippen LogP contribution in [0.25, 0.3) is 11.4 Å². The number of rotatable bonds is 7. The Bertz CT molecular complexity index is 1110. The fourth-order valence-corrected chi connectivity index (χ4v) is 4.64. The van der Waals surface area contributed by atoms with E-state index in [0.29, 0.717) is 17.3 Å². The maximum absolute atomic E-state index is 14.0. The largest absolute Gasteiger partial charge is 0.340 e. The Labute approximate surface area is 193 Å². The highest BCUT2D eigenvalue weighted by molar-refractivity contribution is 5.83. The molecule has 1 aliphatic carbocycles. The van der Waals surface area contributed by atoms with Gasteiger partial charge in [-0.15, -0.1) is 0 Å². The highest BCUT2D eigenvalue weighted by Gasteiger charge is 2.47. The highest BCUT2D eigenvalue weighted by Crippen LogP contribution is 2.49. The van der Waals surface area contributed by atoms with Gasteiger partial charge in [-0.2, -0.15) is 4.98 Å². The molecule has 0 unspecified atom stereocenters. The van der Waals surface area contributed by atoms with E-state index in [1.807, 2.05) is 35.2 Å². The fourth-order valence-electron chi connectivity index (χ4n) is 4.64. The summed E-state index contributed by atoms with van der Waals surface area (Å²) in [6, 6.07) is 14.9. The van der Waals surface area contributed by atoms with E-state index in [-0.39, 0.29) is 23.6 Å². The van der Waals surface area contributed by atoms with Crippen LogP contribution in [-0.2, 0) is 11.2 Å². The Morgan fingerprint density at radius 2 is 1.85 bits per heavy atom. The van der Waals surface area contributed by atoms with Crippen LogP contribution in [0.2, 0.25) is 0 Å². The van der Waals surface area contributed by atoms with E-state index < -0.39 is 0 Å². The van der Waals surface area contributed by atoms with Crippen LogP contribution in [-0.4, -0.2) is 58.6 Å². The number of aromatic nitrogens is 2. The maximum atomic E-state index is 14.0. The van der Waals surface area contributed by atoms with Crippen molar-refractivity contribution in [1.29, 1.82) is 0 Å². The van der Waals surface area contributed by atoms with Gasteiger partial charge in [0.25, 0.3) is 0 Å². The Kier molecular flexibility index (Phi) is 6.22. The molecule has 2 aliphatic rings. The number of carbonyl (C=O) groups excluding carboxylic acids is 1. The lowest BCUT2D eigenvalue weighted by Crippen LogP contribution is -2.49. The van der Waals surface area contributed by atoms with Gasteiger partial charge in [0.05, 0.1) is 0 Å². The molecule has 7 heteroatoms.